The number of methoxy groups -OCH3 is 1. The highest BCUT2D eigenvalue weighted by Gasteiger charge is 2.46. The van der Waals surface area contributed by atoms with Crippen molar-refractivity contribution in [1.29, 1.82) is 0 Å². The fourth-order valence-electron chi connectivity index (χ4n) is 1.82. The third-order valence-electron chi connectivity index (χ3n) is 2.73. The number of amides is 2. The van der Waals surface area contributed by atoms with E-state index in [1.54, 1.807) is 18.2 Å². The molecule has 1 aromatic rings. The number of nitrogens with zero attached hydrogens (tertiary/aromatic N) is 2. The number of halogens is 4. The van der Waals surface area contributed by atoms with Crippen LogP contribution < -0.4 is 15.1 Å². The first kappa shape index (κ1) is 16.9. The maximum absolute atomic E-state index is 12.4. The number of carbonyl (C=O) groups excluding carboxylic acids is 1. The number of benzene rings is 1. The fourth-order valence-corrected chi connectivity index (χ4v) is 2.62. The Morgan fingerprint density at radius 2 is 2.10 bits per heavy atom. The van der Waals surface area contributed by atoms with Crippen LogP contribution in [0.1, 0.15) is 0 Å². The summed E-state index contributed by atoms with van der Waals surface area (Å²) < 4.78 is 3.12. The van der Waals surface area contributed by atoms with Crippen LogP contribution in [0.4, 0.5) is 10.5 Å². The Balaban J connectivity index is 2.39. The van der Waals surface area contributed by atoms with E-state index in [4.69, 9.17) is 63.4 Å². The minimum absolute atomic E-state index is 0.346. The number of urea groups is 1. The second-order valence-electron chi connectivity index (χ2n) is 3.98. The molecule has 1 aliphatic rings. The van der Waals surface area contributed by atoms with E-state index in [9.17, 15) is 4.79 Å². The molecule has 0 aromatic heterocycles. The van der Waals surface area contributed by atoms with Gasteiger partial charge in [0.2, 0.25) is 0 Å². The van der Waals surface area contributed by atoms with Gasteiger partial charge in [0.15, 0.2) is 0 Å². The van der Waals surface area contributed by atoms with Crippen LogP contribution in [0.15, 0.2) is 18.2 Å². The summed E-state index contributed by atoms with van der Waals surface area (Å²) in [7, 11) is 1.49. The van der Waals surface area contributed by atoms with Crippen molar-refractivity contribution in [3.05, 3.63) is 23.2 Å². The van der Waals surface area contributed by atoms with Crippen molar-refractivity contribution in [2.24, 2.45) is 0 Å². The van der Waals surface area contributed by atoms with Crippen molar-refractivity contribution < 1.29 is 9.53 Å². The molecule has 0 saturated carbocycles. The van der Waals surface area contributed by atoms with Gasteiger partial charge in [-0.25, -0.2) is 9.80 Å². The Morgan fingerprint density at radius 1 is 1.43 bits per heavy atom. The minimum atomic E-state index is -1.95. The molecule has 1 fully saturated rings. The van der Waals surface area contributed by atoms with Crippen molar-refractivity contribution >= 4 is 75.7 Å². The average Bonchev–Trinajstić information content (AvgIpc) is 2.75. The lowest BCUT2D eigenvalue weighted by Crippen LogP contribution is -2.45. The number of thiocarbonyl (C=S) groups is 1. The van der Waals surface area contributed by atoms with Gasteiger partial charge in [0.1, 0.15) is 11.9 Å². The molecule has 1 aromatic carbocycles. The van der Waals surface area contributed by atoms with Gasteiger partial charge in [-0.3, -0.25) is 4.90 Å². The van der Waals surface area contributed by atoms with E-state index >= 15 is 0 Å². The standard InChI is InChI=1S/C11H9Cl4N3O2S/c1-20-8-3-2-6(4-7(8)12)17-9(5-21)16-18(10(17)19)11(13,14)15/h2-5,9,16H,1H3. The number of anilines is 1. The number of carbonyl (C=O) groups is 1. The fraction of sp³-hybridized carbons (Fsp3) is 0.273. The Labute approximate surface area is 146 Å². The van der Waals surface area contributed by atoms with Crippen molar-refractivity contribution in [2.45, 2.75) is 10.1 Å². The summed E-state index contributed by atoms with van der Waals surface area (Å²) in [6.45, 7) is 0. The lowest BCUT2D eigenvalue weighted by molar-refractivity contribution is 0.201. The monoisotopic (exact) mass is 387 g/mol. The molecular formula is C11H9Cl4N3O2S. The predicted molar refractivity (Wildman–Crippen MR) is 88.6 cm³/mol. The van der Waals surface area contributed by atoms with Crippen LogP contribution in [0.2, 0.25) is 5.02 Å². The number of hydrogen-bond donors (Lipinski definition) is 1. The predicted octanol–water partition coefficient (Wildman–Crippen LogP) is 3.75. The molecule has 0 spiro atoms. The minimum Gasteiger partial charge on any atom is -0.495 e. The van der Waals surface area contributed by atoms with Crippen LogP contribution in [0.3, 0.4) is 0 Å². The third-order valence-corrected chi connectivity index (χ3v) is 3.79. The molecule has 10 heteroatoms. The molecule has 114 valence electrons. The molecule has 1 saturated heterocycles. The Bertz CT molecular complexity index is 581. The Hall–Kier alpha value is -0.500. The molecule has 1 N–H and O–H groups in total. The van der Waals surface area contributed by atoms with E-state index in [0.29, 0.717) is 16.5 Å². The van der Waals surface area contributed by atoms with E-state index in [2.05, 4.69) is 5.43 Å². The van der Waals surface area contributed by atoms with Crippen molar-refractivity contribution in [3.63, 3.8) is 0 Å². The van der Waals surface area contributed by atoms with Crippen LogP contribution in [-0.4, -0.2) is 33.6 Å². The van der Waals surface area contributed by atoms with Crippen LogP contribution in [0.5, 0.6) is 5.75 Å². The summed E-state index contributed by atoms with van der Waals surface area (Å²) in [6.07, 6.45) is -0.646. The normalized spacial score (nSPS) is 19.1. The first-order valence-electron chi connectivity index (χ1n) is 5.54. The topological polar surface area (TPSA) is 44.8 Å². The lowest BCUT2D eigenvalue weighted by Gasteiger charge is -2.23. The number of hydrogen-bond acceptors (Lipinski definition) is 4. The highest BCUT2D eigenvalue weighted by molar-refractivity contribution is 7.79. The van der Waals surface area contributed by atoms with Crippen molar-refractivity contribution in [2.75, 3.05) is 12.0 Å². The molecule has 5 nitrogen and oxygen atoms in total. The van der Waals surface area contributed by atoms with Crippen LogP contribution in [0, 0.1) is 0 Å². The number of rotatable bonds is 3. The molecule has 0 aliphatic carbocycles. The van der Waals surface area contributed by atoms with E-state index in [0.717, 1.165) is 5.01 Å². The van der Waals surface area contributed by atoms with Gasteiger partial charge in [0.05, 0.1) is 12.1 Å². The molecule has 1 atom stereocenters. The number of alkyl halides is 3. The number of hydrazine groups is 1. The van der Waals surface area contributed by atoms with Gasteiger partial charge < -0.3 is 4.74 Å². The van der Waals surface area contributed by atoms with Gasteiger partial charge in [-0.1, -0.05) is 58.6 Å². The maximum atomic E-state index is 12.4. The molecule has 0 bridgehead atoms. The summed E-state index contributed by atoms with van der Waals surface area (Å²) in [5, 5.41) is 2.55. The average molecular weight is 389 g/mol. The van der Waals surface area contributed by atoms with Crippen LogP contribution in [-0.2, 0) is 0 Å². The van der Waals surface area contributed by atoms with E-state index in [-0.39, 0.29) is 0 Å². The molecule has 1 heterocycles. The highest BCUT2D eigenvalue weighted by Crippen LogP contribution is 2.36. The number of nitrogens with one attached hydrogen (secondary N) is 1. The third kappa shape index (κ3) is 3.31. The SMILES string of the molecule is COc1ccc(N2C(=O)N(C(Cl)(Cl)Cl)NC2C=S)cc1Cl. The van der Waals surface area contributed by atoms with E-state index in [1.165, 1.54) is 17.4 Å². The molecule has 0 radical (unpaired) electrons. The van der Waals surface area contributed by atoms with Gasteiger partial charge in [-0.05, 0) is 18.2 Å². The van der Waals surface area contributed by atoms with Crippen LogP contribution in [0.25, 0.3) is 0 Å². The number of ether oxygens (including phenoxy) is 1. The van der Waals surface area contributed by atoms with E-state index in [1.807, 2.05) is 0 Å². The summed E-state index contributed by atoms with van der Waals surface area (Å²) >= 11 is 28.2. The molecule has 2 rings (SSSR count). The highest BCUT2D eigenvalue weighted by atomic mass is 35.6. The van der Waals surface area contributed by atoms with Crippen molar-refractivity contribution in [3.8, 4) is 5.75 Å². The second-order valence-corrected chi connectivity index (χ2v) is 6.89. The molecule has 21 heavy (non-hydrogen) atoms. The smallest absolute Gasteiger partial charge is 0.344 e. The summed E-state index contributed by atoms with van der Waals surface area (Å²) in [5.41, 5.74) is 3.19. The van der Waals surface area contributed by atoms with E-state index < -0.39 is 16.1 Å². The molecule has 2 amide bonds. The largest absolute Gasteiger partial charge is 0.495 e. The Morgan fingerprint density at radius 3 is 2.57 bits per heavy atom. The van der Waals surface area contributed by atoms with Gasteiger partial charge in [0.25, 0.3) is 3.92 Å². The van der Waals surface area contributed by atoms with Crippen LogP contribution >= 0.6 is 58.6 Å². The van der Waals surface area contributed by atoms with Gasteiger partial charge in [-0.15, -0.1) is 0 Å². The summed E-state index contributed by atoms with van der Waals surface area (Å²) in [6, 6.07) is 4.28. The quantitative estimate of drug-likeness (QED) is 0.486. The Kier molecular flexibility index (Phi) is 5.07. The zero-order valence-corrected chi connectivity index (χ0v) is 14.4. The lowest BCUT2D eigenvalue weighted by atomic mass is 10.2. The zero-order chi connectivity index (χ0) is 15.8. The van der Waals surface area contributed by atoms with Gasteiger partial charge in [0, 0.05) is 11.1 Å². The zero-order valence-electron chi connectivity index (χ0n) is 10.5. The first-order valence-corrected chi connectivity index (χ1v) is 7.53. The van der Waals surface area contributed by atoms with Gasteiger partial charge in [-0.2, -0.15) is 5.43 Å². The molecule has 1 unspecified atom stereocenters. The maximum Gasteiger partial charge on any atom is 0.344 e. The molecule has 1 aliphatic heterocycles. The van der Waals surface area contributed by atoms with Crippen molar-refractivity contribution in [1.82, 2.24) is 10.4 Å². The molecular weight excluding hydrogens is 380 g/mol. The first-order chi connectivity index (χ1) is 9.79. The summed E-state index contributed by atoms with van der Waals surface area (Å²) in [5.74, 6) is 0.483. The second kappa shape index (κ2) is 6.32. The summed E-state index contributed by atoms with van der Waals surface area (Å²) in [4.78, 5) is 13.7. The van der Waals surface area contributed by atoms with Gasteiger partial charge >= 0.3 is 6.03 Å².